The lowest BCUT2D eigenvalue weighted by atomic mass is 10.6. The number of aromatic nitrogens is 4. The third-order valence-electron chi connectivity index (χ3n) is 1.68. The van der Waals surface area contributed by atoms with Gasteiger partial charge in [-0.25, -0.2) is 4.68 Å². The van der Waals surface area contributed by atoms with Gasteiger partial charge >= 0.3 is 5.16 Å². The van der Waals surface area contributed by atoms with Crippen molar-refractivity contribution in [2.24, 2.45) is 0 Å². The number of rotatable bonds is 2. The first-order valence-electron chi connectivity index (χ1n) is 4.04. The minimum Gasteiger partial charge on any atom is -0.609 e. The van der Waals surface area contributed by atoms with Crippen molar-refractivity contribution in [1.29, 1.82) is 0 Å². The minimum absolute atomic E-state index is 0.295. The second-order valence-corrected chi connectivity index (χ2v) is 4.86. The molecule has 0 fully saturated rings. The molecule has 0 aromatic carbocycles. The van der Waals surface area contributed by atoms with E-state index in [4.69, 9.17) is 0 Å². The van der Waals surface area contributed by atoms with Crippen molar-refractivity contribution in [2.45, 2.75) is 5.16 Å². The molecule has 78 valence electrons. The summed E-state index contributed by atoms with van der Waals surface area (Å²) < 4.78 is 13.5. The largest absolute Gasteiger partial charge is 0.609 e. The lowest BCUT2D eigenvalue weighted by Gasteiger charge is -2.05. The zero-order chi connectivity index (χ0) is 10.8. The van der Waals surface area contributed by atoms with Crippen LogP contribution in [0.1, 0.15) is 0 Å². The molecular weight excluding hydrogens is 280 g/mol. The van der Waals surface area contributed by atoms with Crippen molar-refractivity contribution in [3.8, 4) is 5.82 Å². The Hall–Kier alpha value is -0.920. The van der Waals surface area contributed by atoms with Crippen LogP contribution in [-0.2, 0) is 11.2 Å². The Labute approximate surface area is 97.9 Å². The van der Waals surface area contributed by atoms with E-state index in [-0.39, 0.29) is 0 Å². The summed E-state index contributed by atoms with van der Waals surface area (Å²) in [5, 5.41) is 4.34. The molecule has 0 aliphatic rings. The molecule has 0 bridgehead atoms. The summed E-state index contributed by atoms with van der Waals surface area (Å²) in [6.07, 6.45) is 6.52. The minimum atomic E-state index is -1.19. The highest BCUT2D eigenvalue weighted by Gasteiger charge is 2.13. The van der Waals surface area contributed by atoms with Gasteiger partial charge < -0.3 is 4.55 Å². The highest BCUT2D eigenvalue weighted by atomic mass is 79.9. The fourth-order valence-corrected chi connectivity index (χ4v) is 1.82. The van der Waals surface area contributed by atoms with Crippen molar-refractivity contribution in [2.75, 3.05) is 6.26 Å². The van der Waals surface area contributed by atoms with Gasteiger partial charge in [0.2, 0.25) is 0 Å². The van der Waals surface area contributed by atoms with E-state index in [0.717, 1.165) is 0 Å². The number of hydrogen-bond acceptors (Lipinski definition) is 4. The summed E-state index contributed by atoms with van der Waals surface area (Å²) >= 11 is 2.12. The quantitative estimate of drug-likeness (QED) is 0.614. The summed E-state index contributed by atoms with van der Waals surface area (Å²) in [5.74, 6) is 0.584. The predicted octanol–water partition coefficient (Wildman–Crippen LogP) is 1.16. The van der Waals surface area contributed by atoms with Crippen molar-refractivity contribution in [1.82, 2.24) is 19.7 Å². The number of nitrogens with zero attached hydrogens (tertiary/aromatic N) is 4. The third-order valence-corrected chi connectivity index (χ3v) is 2.95. The van der Waals surface area contributed by atoms with E-state index in [2.05, 4.69) is 31.0 Å². The topological polar surface area (TPSA) is 66.7 Å². The van der Waals surface area contributed by atoms with Gasteiger partial charge in [-0.05, 0) is 22.0 Å². The van der Waals surface area contributed by atoms with Crippen LogP contribution in [0.4, 0.5) is 0 Å². The summed E-state index contributed by atoms with van der Waals surface area (Å²) in [4.78, 5) is 8.11. The molecule has 0 saturated carbocycles. The second kappa shape index (κ2) is 4.30. The molecule has 0 N–H and O–H groups in total. The highest BCUT2D eigenvalue weighted by Crippen LogP contribution is 2.18. The van der Waals surface area contributed by atoms with Crippen molar-refractivity contribution >= 4 is 27.1 Å². The molecule has 2 aromatic heterocycles. The average molecular weight is 287 g/mol. The molecule has 15 heavy (non-hydrogen) atoms. The van der Waals surface area contributed by atoms with Crippen LogP contribution in [0.15, 0.2) is 34.3 Å². The van der Waals surface area contributed by atoms with Crippen LogP contribution in [0.5, 0.6) is 0 Å². The Balaban J connectivity index is 2.51. The maximum atomic E-state index is 11.2. The van der Waals surface area contributed by atoms with Gasteiger partial charge in [0.1, 0.15) is 6.26 Å². The summed E-state index contributed by atoms with van der Waals surface area (Å²) in [6, 6.07) is 1.79. The van der Waals surface area contributed by atoms with E-state index in [9.17, 15) is 4.55 Å². The van der Waals surface area contributed by atoms with Gasteiger partial charge in [0.15, 0.2) is 5.82 Å². The molecule has 7 heteroatoms. The molecule has 1 atom stereocenters. The van der Waals surface area contributed by atoms with Crippen molar-refractivity contribution < 1.29 is 4.55 Å². The van der Waals surface area contributed by atoms with Crippen molar-refractivity contribution in [3.63, 3.8) is 0 Å². The van der Waals surface area contributed by atoms with Gasteiger partial charge in [0, 0.05) is 23.6 Å². The number of halogens is 1. The summed E-state index contributed by atoms with van der Waals surface area (Å²) in [6.45, 7) is 0. The van der Waals surface area contributed by atoms with Gasteiger partial charge in [-0.3, -0.25) is 0 Å². The summed E-state index contributed by atoms with van der Waals surface area (Å²) in [7, 11) is 0. The van der Waals surface area contributed by atoms with Gasteiger partial charge in [-0.15, -0.1) is 0 Å². The Morgan fingerprint density at radius 2 is 2.33 bits per heavy atom. The lowest BCUT2D eigenvalue weighted by molar-refractivity contribution is 0.590. The van der Waals surface area contributed by atoms with Crippen LogP contribution in [0.25, 0.3) is 5.82 Å². The maximum absolute atomic E-state index is 11.2. The number of hydrogen-bond donors (Lipinski definition) is 0. The molecule has 0 saturated heterocycles. The van der Waals surface area contributed by atoms with E-state index < -0.39 is 11.2 Å². The Morgan fingerprint density at radius 1 is 1.53 bits per heavy atom. The van der Waals surface area contributed by atoms with Crippen molar-refractivity contribution in [3.05, 3.63) is 29.1 Å². The molecule has 0 radical (unpaired) electrons. The first-order valence-corrected chi connectivity index (χ1v) is 6.39. The molecule has 0 aliphatic carbocycles. The molecule has 2 aromatic rings. The van der Waals surface area contributed by atoms with E-state index in [0.29, 0.717) is 15.4 Å². The van der Waals surface area contributed by atoms with E-state index in [1.807, 2.05) is 0 Å². The molecule has 1 unspecified atom stereocenters. The Bertz CT molecular complexity index is 460. The van der Waals surface area contributed by atoms with Gasteiger partial charge in [0.05, 0.1) is 10.7 Å². The maximum Gasteiger partial charge on any atom is 0.344 e. The second-order valence-electron chi connectivity index (χ2n) is 2.73. The van der Waals surface area contributed by atoms with Crippen LogP contribution < -0.4 is 0 Å². The van der Waals surface area contributed by atoms with E-state index in [1.54, 1.807) is 29.3 Å². The van der Waals surface area contributed by atoms with E-state index >= 15 is 0 Å². The van der Waals surface area contributed by atoms with Crippen LogP contribution in [0, 0.1) is 0 Å². The highest BCUT2D eigenvalue weighted by molar-refractivity contribution is 9.10. The van der Waals surface area contributed by atoms with Crippen LogP contribution >= 0.6 is 15.9 Å². The average Bonchev–Trinajstić information content (AvgIpc) is 2.71. The smallest absolute Gasteiger partial charge is 0.344 e. The van der Waals surface area contributed by atoms with Gasteiger partial charge in [-0.1, -0.05) is 0 Å². The fraction of sp³-hybridized carbons (Fsp3) is 0.125. The first-order chi connectivity index (χ1) is 7.18. The van der Waals surface area contributed by atoms with Crippen LogP contribution in [-0.4, -0.2) is 30.6 Å². The monoisotopic (exact) mass is 286 g/mol. The van der Waals surface area contributed by atoms with Crippen LogP contribution in [0.3, 0.4) is 0 Å². The lowest BCUT2D eigenvalue weighted by Crippen LogP contribution is -2.08. The SMILES string of the molecule is C[S+]([O-])c1ncc(Br)c(-n2cccn2)n1. The van der Waals surface area contributed by atoms with E-state index in [1.165, 1.54) is 6.26 Å². The molecule has 0 spiro atoms. The Morgan fingerprint density at radius 3 is 2.93 bits per heavy atom. The first kappa shape index (κ1) is 10.6. The third kappa shape index (κ3) is 2.19. The molecule has 0 aliphatic heterocycles. The van der Waals surface area contributed by atoms with Gasteiger partial charge in [0.25, 0.3) is 0 Å². The predicted molar refractivity (Wildman–Crippen MR) is 59.2 cm³/mol. The van der Waals surface area contributed by atoms with Gasteiger partial charge in [-0.2, -0.15) is 15.1 Å². The molecular formula is C8H7BrN4OS. The summed E-state index contributed by atoms with van der Waals surface area (Å²) in [5.41, 5.74) is 0. The zero-order valence-corrected chi connectivity index (χ0v) is 10.2. The fourth-order valence-electron chi connectivity index (χ4n) is 1.04. The standard InChI is InChI=1S/C8H7BrN4OS/c1-15(14)8-10-5-6(9)7(12-8)13-4-2-3-11-13/h2-5H,1H3. The Kier molecular flexibility index (Phi) is 3.03. The normalized spacial score (nSPS) is 12.7. The molecule has 2 heterocycles. The zero-order valence-electron chi connectivity index (χ0n) is 7.79. The molecule has 2 rings (SSSR count). The van der Waals surface area contributed by atoms with Crippen LogP contribution in [0.2, 0.25) is 0 Å². The molecule has 0 amide bonds. The molecule has 5 nitrogen and oxygen atoms in total.